The van der Waals surface area contributed by atoms with Crippen molar-refractivity contribution >= 4 is 33.8 Å². The van der Waals surface area contributed by atoms with E-state index in [0.717, 1.165) is 43.8 Å². The van der Waals surface area contributed by atoms with Crippen LogP contribution in [0.1, 0.15) is 23.7 Å². The Bertz CT molecular complexity index is 2150. The van der Waals surface area contributed by atoms with E-state index in [9.17, 15) is 0 Å². The highest BCUT2D eigenvalue weighted by molar-refractivity contribution is 7.13. The van der Waals surface area contributed by atoms with Crippen molar-refractivity contribution in [2.75, 3.05) is 0 Å². The average Bonchev–Trinajstić information content (AvgIpc) is 3.53. The van der Waals surface area contributed by atoms with Gasteiger partial charge in [0.15, 0.2) is 11.6 Å². The molecule has 0 N–H and O–H groups in total. The van der Waals surface area contributed by atoms with Crippen molar-refractivity contribution in [1.82, 2.24) is 19.9 Å². The van der Waals surface area contributed by atoms with Gasteiger partial charge in [0.05, 0.1) is 9.88 Å². The molecular formula is C38H26N4S. The van der Waals surface area contributed by atoms with E-state index in [1.807, 2.05) is 42.5 Å². The summed E-state index contributed by atoms with van der Waals surface area (Å²) in [5.41, 5.74) is 5.51. The van der Waals surface area contributed by atoms with Gasteiger partial charge in [-0.2, -0.15) is 0 Å². The van der Waals surface area contributed by atoms with Gasteiger partial charge in [0.25, 0.3) is 0 Å². The summed E-state index contributed by atoms with van der Waals surface area (Å²) in [7, 11) is 0. The molecule has 1 aliphatic carbocycles. The highest BCUT2D eigenvalue weighted by Gasteiger charge is 2.25. The molecule has 0 aliphatic heterocycles. The summed E-state index contributed by atoms with van der Waals surface area (Å²) in [4.78, 5) is 20.4. The number of fused-ring (bicyclic) bond motifs is 2. The number of rotatable bonds is 5. The first-order valence-corrected chi connectivity index (χ1v) is 15.2. The van der Waals surface area contributed by atoms with E-state index in [4.69, 9.17) is 19.9 Å². The van der Waals surface area contributed by atoms with Crippen molar-refractivity contribution in [2.24, 2.45) is 0 Å². The van der Waals surface area contributed by atoms with Gasteiger partial charge in [-0.05, 0) is 28.3 Å². The van der Waals surface area contributed by atoms with Crippen molar-refractivity contribution < 1.29 is 0 Å². The second-order valence-corrected chi connectivity index (χ2v) is 11.7. The van der Waals surface area contributed by atoms with E-state index < -0.39 is 0 Å². The number of nitrogens with zero attached hydrogens (tertiary/aromatic N) is 4. The van der Waals surface area contributed by atoms with Crippen molar-refractivity contribution in [3.8, 4) is 33.3 Å². The molecule has 5 aromatic carbocycles. The van der Waals surface area contributed by atoms with Crippen LogP contribution in [-0.2, 0) is 0 Å². The average molecular weight is 571 g/mol. The smallest absolute Gasteiger partial charge is 0.163 e. The van der Waals surface area contributed by atoms with Gasteiger partial charge in [-0.1, -0.05) is 140 Å². The molecule has 0 amide bonds. The molecule has 4 nitrogen and oxygen atoms in total. The Morgan fingerprint density at radius 1 is 0.535 bits per heavy atom. The molecule has 0 spiro atoms. The lowest BCUT2D eigenvalue weighted by Gasteiger charge is -2.19. The van der Waals surface area contributed by atoms with Crippen LogP contribution in [0.4, 0.5) is 0 Å². The molecule has 1 unspecified atom stereocenters. The maximum Gasteiger partial charge on any atom is 0.163 e. The van der Waals surface area contributed by atoms with E-state index in [1.54, 1.807) is 11.3 Å². The first-order chi connectivity index (χ1) is 21.3. The minimum Gasteiger partial charge on any atom is -0.236 e. The van der Waals surface area contributed by atoms with Crippen molar-refractivity contribution in [2.45, 2.75) is 12.3 Å². The number of aromatic nitrogens is 4. The zero-order valence-corrected chi connectivity index (χ0v) is 24.1. The molecule has 8 rings (SSSR count). The molecular weight excluding hydrogens is 545 g/mol. The van der Waals surface area contributed by atoms with Gasteiger partial charge >= 0.3 is 0 Å². The zero-order valence-electron chi connectivity index (χ0n) is 23.3. The van der Waals surface area contributed by atoms with E-state index in [1.165, 1.54) is 21.9 Å². The van der Waals surface area contributed by atoms with Crippen LogP contribution < -0.4 is 9.88 Å². The molecule has 1 atom stereocenters. The maximum atomic E-state index is 5.24. The highest BCUT2D eigenvalue weighted by atomic mass is 32.1. The van der Waals surface area contributed by atoms with Gasteiger partial charge < -0.3 is 0 Å². The largest absolute Gasteiger partial charge is 0.236 e. The summed E-state index contributed by atoms with van der Waals surface area (Å²) >= 11 is 1.73. The third-order valence-electron chi connectivity index (χ3n) is 7.90. The fourth-order valence-electron chi connectivity index (χ4n) is 5.81. The molecule has 0 saturated heterocycles. The summed E-state index contributed by atoms with van der Waals surface area (Å²) in [6.45, 7) is 0. The summed E-state index contributed by atoms with van der Waals surface area (Å²) < 4.78 is 1.15. The van der Waals surface area contributed by atoms with Gasteiger partial charge in [-0.15, -0.1) is 11.3 Å². The molecule has 0 radical (unpaired) electrons. The van der Waals surface area contributed by atoms with Crippen molar-refractivity contribution in [3.05, 3.63) is 155 Å². The number of hydrogen-bond acceptors (Lipinski definition) is 5. The van der Waals surface area contributed by atoms with E-state index in [2.05, 4.69) is 97.1 Å². The molecule has 0 saturated carbocycles. The Morgan fingerprint density at radius 3 is 1.79 bits per heavy atom. The predicted octanol–water partition coefficient (Wildman–Crippen LogP) is 7.65. The number of benzene rings is 5. The van der Waals surface area contributed by atoms with Crippen LogP contribution in [0.25, 0.3) is 55.8 Å². The zero-order chi connectivity index (χ0) is 28.6. The highest BCUT2D eigenvalue weighted by Crippen LogP contribution is 2.34. The van der Waals surface area contributed by atoms with E-state index >= 15 is 0 Å². The predicted molar refractivity (Wildman–Crippen MR) is 176 cm³/mol. The number of thiazole rings is 1. The van der Waals surface area contributed by atoms with Crippen molar-refractivity contribution in [3.63, 3.8) is 0 Å². The first-order valence-electron chi connectivity index (χ1n) is 14.4. The summed E-state index contributed by atoms with van der Waals surface area (Å²) in [5, 5.41) is 4.52. The molecule has 43 heavy (non-hydrogen) atoms. The lowest BCUT2D eigenvalue weighted by molar-refractivity contribution is 0.798. The van der Waals surface area contributed by atoms with Crippen LogP contribution in [0.5, 0.6) is 0 Å². The third kappa shape index (κ3) is 4.84. The van der Waals surface area contributed by atoms with Gasteiger partial charge in [0.2, 0.25) is 0 Å². The molecule has 0 bridgehead atoms. The van der Waals surface area contributed by atoms with Crippen LogP contribution >= 0.6 is 11.3 Å². The molecule has 2 heterocycles. The quantitative estimate of drug-likeness (QED) is 0.213. The van der Waals surface area contributed by atoms with E-state index in [-0.39, 0.29) is 5.92 Å². The standard InChI is InChI=1S/C38H26N4S/c1-4-14-26(15-5-1)35-40-36(27-16-6-2-7-17-27)42-37(41-35)29-23-32(31-22-12-20-25-13-10-11-21-30(25)31)34-33(24-29)43-38(39-34)28-18-8-3-9-19-28/h1-22,24,29H,23H2. The van der Waals surface area contributed by atoms with Crippen LogP contribution in [0.15, 0.2) is 133 Å². The maximum absolute atomic E-state index is 5.24. The minimum atomic E-state index is -0.0431. The van der Waals surface area contributed by atoms with Gasteiger partial charge in [-0.3, -0.25) is 0 Å². The lowest BCUT2D eigenvalue weighted by atomic mass is 9.87. The molecule has 7 aromatic rings. The SMILES string of the molecule is C1=c2sc(-c3ccccc3)nc2=C(c2cccc3ccccc23)CC1c1nc(-c2ccccc2)nc(-c2ccccc2)n1. The third-order valence-corrected chi connectivity index (χ3v) is 8.97. The Kier molecular flexibility index (Phi) is 6.43. The summed E-state index contributed by atoms with van der Waals surface area (Å²) in [6, 6.07) is 45.9. The minimum absolute atomic E-state index is 0.0431. The van der Waals surface area contributed by atoms with Crippen LogP contribution in [0, 0.1) is 0 Å². The molecule has 5 heteroatoms. The molecule has 204 valence electrons. The normalized spacial score (nSPS) is 14.3. The number of hydrogen-bond donors (Lipinski definition) is 0. The fourth-order valence-corrected chi connectivity index (χ4v) is 6.90. The Balaban J connectivity index is 1.35. The second-order valence-electron chi connectivity index (χ2n) is 10.7. The lowest BCUT2D eigenvalue weighted by Crippen LogP contribution is -2.30. The van der Waals surface area contributed by atoms with Gasteiger partial charge in [0, 0.05) is 22.6 Å². The fraction of sp³-hybridized carbons (Fsp3) is 0.0526. The summed E-state index contributed by atoms with van der Waals surface area (Å²) in [6.07, 6.45) is 3.05. The Morgan fingerprint density at radius 2 is 1.12 bits per heavy atom. The topological polar surface area (TPSA) is 51.6 Å². The Labute approximate surface area is 253 Å². The first kappa shape index (κ1) is 25.5. The van der Waals surface area contributed by atoms with Crippen LogP contribution in [0.3, 0.4) is 0 Å². The van der Waals surface area contributed by atoms with Crippen LogP contribution in [-0.4, -0.2) is 19.9 Å². The van der Waals surface area contributed by atoms with Gasteiger partial charge in [-0.25, -0.2) is 19.9 Å². The van der Waals surface area contributed by atoms with Crippen molar-refractivity contribution in [1.29, 1.82) is 0 Å². The summed E-state index contributed by atoms with van der Waals surface area (Å²) in [5.74, 6) is 2.10. The second kappa shape index (κ2) is 10.9. The monoisotopic (exact) mass is 570 g/mol. The van der Waals surface area contributed by atoms with Gasteiger partial charge in [0.1, 0.15) is 10.8 Å². The van der Waals surface area contributed by atoms with E-state index in [0.29, 0.717) is 11.6 Å². The van der Waals surface area contributed by atoms with Crippen LogP contribution in [0.2, 0.25) is 0 Å². The Hall–Kier alpha value is -5.26. The molecule has 2 aromatic heterocycles. The molecule has 1 aliphatic rings. The molecule has 0 fully saturated rings.